The maximum absolute atomic E-state index is 12.9. The van der Waals surface area contributed by atoms with Crippen LogP contribution in [0.15, 0.2) is 48.5 Å². The van der Waals surface area contributed by atoms with Gasteiger partial charge in [-0.2, -0.15) is 5.26 Å². The zero-order valence-corrected chi connectivity index (χ0v) is 18.6. The van der Waals surface area contributed by atoms with Gasteiger partial charge in [0.05, 0.1) is 11.6 Å². The van der Waals surface area contributed by atoms with Crippen LogP contribution in [0.1, 0.15) is 49.7 Å². The molecular weight excluding hydrogens is 389 g/mol. The van der Waals surface area contributed by atoms with E-state index in [2.05, 4.69) is 34.9 Å². The summed E-state index contributed by atoms with van der Waals surface area (Å²) in [5.74, 6) is 1.08. The van der Waals surface area contributed by atoms with Gasteiger partial charge in [0, 0.05) is 32.7 Å². The Hall–Kier alpha value is -2.42. The number of nitriles is 1. The molecule has 166 valence electrons. The molecular formula is C26H34FN3O. The van der Waals surface area contributed by atoms with Crippen molar-refractivity contribution in [2.75, 3.05) is 45.9 Å². The number of halogens is 1. The predicted molar refractivity (Wildman–Crippen MR) is 123 cm³/mol. The maximum Gasteiger partial charge on any atom is 0.123 e. The summed E-state index contributed by atoms with van der Waals surface area (Å²) in [4.78, 5) is 5.01. The van der Waals surface area contributed by atoms with Gasteiger partial charge >= 0.3 is 0 Å². The van der Waals surface area contributed by atoms with E-state index in [1.165, 1.54) is 43.4 Å². The summed E-state index contributed by atoms with van der Waals surface area (Å²) < 4.78 is 18.7. The van der Waals surface area contributed by atoms with Gasteiger partial charge in [0.25, 0.3) is 0 Å². The van der Waals surface area contributed by atoms with Crippen LogP contribution in [0.3, 0.4) is 0 Å². The first-order valence-electron chi connectivity index (χ1n) is 11.5. The second-order valence-corrected chi connectivity index (χ2v) is 8.35. The van der Waals surface area contributed by atoms with Crippen LogP contribution in [-0.2, 0) is 0 Å². The SMILES string of the molecule is CCCC(CCCN1CCN(CCOc2ccc(F)cc2)CC1)c1ccc(C#N)cc1. The first-order chi connectivity index (χ1) is 15.2. The van der Waals surface area contributed by atoms with Crippen molar-refractivity contribution in [3.63, 3.8) is 0 Å². The Morgan fingerprint density at radius 3 is 2.19 bits per heavy atom. The van der Waals surface area contributed by atoms with Crippen molar-refractivity contribution >= 4 is 0 Å². The molecule has 2 aromatic carbocycles. The van der Waals surface area contributed by atoms with Crippen LogP contribution in [0.5, 0.6) is 5.75 Å². The van der Waals surface area contributed by atoms with E-state index in [4.69, 9.17) is 10.00 Å². The average Bonchev–Trinajstić information content (AvgIpc) is 2.81. The summed E-state index contributed by atoms with van der Waals surface area (Å²) in [6.07, 6.45) is 4.79. The van der Waals surface area contributed by atoms with Crippen LogP contribution in [0.25, 0.3) is 0 Å². The van der Waals surface area contributed by atoms with E-state index in [0.29, 0.717) is 12.5 Å². The van der Waals surface area contributed by atoms with Crippen LogP contribution in [0.4, 0.5) is 4.39 Å². The molecule has 31 heavy (non-hydrogen) atoms. The normalized spacial score (nSPS) is 16.0. The minimum atomic E-state index is -0.235. The number of ether oxygens (including phenoxy) is 1. The van der Waals surface area contributed by atoms with E-state index in [9.17, 15) is 4.39 Å². The summed E-state index contributed by atoms with van der Waals surface area (Å²) in [5.41, 5.74) is 2.10. The van der Waals surface area contributed by atoms with Crippen molar-refractivity contribution in [2.45, 2.75) is 38.5 Å². The van der Waals surface area contributed by atoms with Gasteiger partial charge in [-0.3, -0.25) is 4.90 Å². The third kappa shape index (κ3) is 7.65. The highest BCUT2D eigenvalue weighted by Crippen LogP contribution is 2.27. The number of hydrogen-bond acceptors (Lipinski definition) is 4. The Kier molecular flexibility index (Phi) is 9.33. The van der Waals surface area contributed by atoms with Gasteiger partial charge in [0.15, 0.2) is 0 Å². The molecule has 4 nitrogen and oxygen atoms in total. The third-order valence-electron chi connectivity index (χ3n) is 6.13. The molecule has 1 fully saturated rings. The lowest BCUT2D eigenvalue weighted by Gasteiger charge is -2.34. The molecule has 0 N–H and O–H groups in total. The summed E-state index contributed by atoms with van der Waals surface area (Å²) in [7, 11) is 0. The van der Waals surface area contributed by atoms with Gasteiger partial charge < -0.3 is 9.64 Å². The van der Waals surface area contributed by atoms with E-state index in [0.717, 1.165) is 50.6 Å². The van der Waals surface area contributed by atoms with Crippen molar-refractivity contribution in [3.05, 3.63) is 65.5 Å². The minimum absolute atomic E-state index is 0.235. The molecule has 1 aliphatic rings. The highest BCUT2D eigenvalue weighted by atomic mass is 19.1. The lowest BCUT2D eigenvalue weighted by Crippen LogP contribution is -2.47. The van der Waals surface area contributed by atoms with Crippen LogP contribution in [0.2, 0.25) is 0 Å². The lowest BCUT2D eigenvalue weighted by atomic mass is 9.89. The molecule has 3 rings (SSSR count). The highest BCUT2D eigenvalue weighted by molar-refractivity contribution is 5.33. The zero-order valence-electron chi connectivity index (χ0n) is 18.6. The second kappa shape index (κ2) is 12.4. The molecule has 0 aromatic heterocycles. The van der Waals surface area contributed by atoms with Crippen LogP contribution >= 0.6 is 0 Å². The van der Waals surface area contributed by atoms with E-state index in [1.807, 2.05) is 12.1 Å². The highest BCUT2D eigenvalue weighted by Gasteiger charge is 2.17. The van der Waals surface area contributed by atoms with Gasteiger partial charge in [0.2, 0.25) is 0 Å². The Bertz CT molecular complexity index is 808. The molecule has 0 radical (unpaired) electrons. The minimum Gasteiger partial charge on any atom is -0.492 e. The standard InChI is InChI=1S/C26H34FN3O/c1-2-4-23(24-8-6-22(21-28)7-9-24)5-3-14-29-15-17-30(18-16-29)19-20-31-26-12-10-25(27)11-13-26/h6-13,23H,2-5,14-20H2,1H3. The molecule has 5 heteroatoms. The molecule has 1 unspecified atom stereocenters. The third-order valence-corrected chi connectivity index (χ3v) is 6.13. The fourth-order valence-corrected chi connectivity index (χ4v) is 4.28. The van der Waals surface area contributed by atoms with Crippen molar-refractivity contribution in [1.29, 1.82) is 5.26 Å². The Morgan fingerprint density at radius 2 is 1.58 bits per heavy atom. The molecule has 1 heterocycles. The first kappa shape index (κ1) is 23.2. The number of rotatable bonds is 11. The fraction of sp³-hybridized carbons (Fsp3) is 0.500. The number of nitrogens with zero attached hydrogens (tertiary/aromatic N) is 3. The lowest BCUT2D eigenvalue weighted by molar-refractivity contribution is 0.115. The molecule has 0 bridgehead atoms. The zero-order chi connectivity index (χ0) is 21.9. The second-order valence-electron chi connectivity index (χ2n) is 8.35. The topological polar surface area (TPSA) is 39.5 Å². The number of hydrogen-bond donors (Lipinski definition) is 0. The van der Waals surface area contributed by atoms with Crippen molar-refractivity contribution in [3.8, 4) is 11.8 Å². The number of benzene rings is 2. The van der Waals surface area contributed by atoms with E-state index in [1.54, 1.807) is 12.1 Å². The average molecular weight is 424 g/mol. The molecule has 0 saturated carbocycles. The summed E-state index contributed by atoms with van der Waals surface area (Å²) in [6.45, 7) is 9.28. The van der Waals surface area contributed by atoms with Crippen LogP contribution in [-0.4, -0.2) is 55.7 Å². The van der Waals surface area contributed by atoms with Gasteiger partial charge in [-0.1, -0.05) is 25.5 Å². The monoisotopic (exact) mass is 423 g/mol. The van der Waals surface area contributed by atoms with Gasteiger partial charge in [-0.25, -0.2) is 4.39 Å². The van der Waals surface area contributed by atoms with E-state index < -0.39 is 0 Å². The molecule has 1 aliphatic heterocycles. The molecule has 0 spiro atoms. The summed E-state index contributed by atoms with van der Waals surface area (Å²) in [6, 6.07) is 16.6. The Morgan fingerprint density at radius 1 is 0.935 bits per heavy atom. The summed E-state index contributed by atoms with van der Waals surface area (Å²) in [5, 5.41) is 9.01. The summed E-state index contributed by atoms with van der Waals surface area (Å²) >= 11 is 0. The smallest absolute Gasteiger partial charge is 0.123 e. The van der Waals surface area contributed by atoms with E-state index in [-0.39, 0.29) is 5.82 Å². The molecule has 0 aliphatic carbocycles. The quantitative estimate of drug-likeness (QED) is 0.507. The van der Waals surface area contributed by atoms with Crippen molar-refractivity contribution in [1.82, 2.24) is 9.80 Å². The van der Waals surface area contributed by atoms with Crippen molar-refractivity contribution < 1.29 is 9.13 Å². The molecule has 2 aromatic rings. The number of piperazine rings is 1. The predicted octanol–water partition coefficient (Wildman–Crippen LogP) is 5.06. The largest absolute Gasteiger partial charge is 0.492 e. The van der Waals surface area contributed by atoms with Gasteiger partial charge in [-0.05, 0) is 73.7 Å². The molecule has 0 amide bonds. The maximum atomic E-state index is 12.9. The Balaban J connectivity index is 1.33. The van der Waals surface area contributed by atoms with Crippen molar-refractivity contribution in [2.24, 2.45) is 0 Å². The first-order valence-corrected chi connectivity index (χ1v) is 11.5. The van der Waals surface area contributed by atoms with Crippen LogP contribution in [0, 0.1) is 17.1 Å². The molecule has 1 atom stereocenters. The van der Waals surface area contributed by atoms with Crippen LogP contribution < -0.4 is 4.74 Å². The fourth-order valence-electron chi connectivity index (χ4n) is 4.28. The van der Waals surface area contributed by atoms with Gasteiger partial charge in [-0.15, -0.1) is 0 Å². The Labute approximate surface area is 186 Å². The molecule has 1 saturated heterocycles. The van der Waals surface area contributed by atoms with E-state index >= 15 is 0 Å². The van der Waals surface area contributed by atoms with Gasteiger partial charge in [0.1, 0.15) is 18.2 Å².